The molecule has 0 atom stereocenters. The van der Waals surface area contributed by atoms with Crippen molar-refractivity contribution >= 4 is 5.96 Å². The number of alkyl halides is 3. The van der Waals surface area contributed by atoms with Gasteiger partial charge in [-0.2, -0.15) is 18.3 Å². The molecule has 0 radical (unpaired) electrons. The van der Waals surface area contributed by atoms with Gasteiger partial charge in [-0.05, 0) is 38.0 Å². The van der Waals surface area contributed by atoms with Gasteiger partial charge in [0.1, 0.15) is 5.75 Å². The van der Waals surface area contributed by atoms with Gasteiger partial charge in [-0.25, -0.2) is 4.99 Å². The minimum Gasteiger partial charge on any atom is -0.484 e. The fourth-order valence-corrected chi connectivity index (χ4v) is 2.47. The third-order valence-electron chi connectivity index (χ3n) is 3.78. The molecular weight excluding hydrogens is 371 g/mol. The summed E-state index contributed by atoms with van der Waals surface area (Å²) < 4.78 is 44.3. The van der Waals surface area contributed by atoms with E-state index in [1.54, 1.807) is 25.3 Å². The minimum absolute atomic E-state index is 0.204. The summed E-state index contributed by atoms with van der Waals surface area (Å²) in [6, 6.07) is 7.04. The van der Waals surface area contributed by atoms with Gasteiger partial charge in [0.05, 0.1) is 6.54 Å². The van der Waals surface area contributed by atoms with Crippen LogP contribution >= 0.6 is 0 Å². The number of nitrogens with one attached hydrogen (secondary N) is 2. The van der Waals surface area contributed by atoms with E-state index in [-0.39, 0.29) is 12.3 Å². The zero-order valence-corrected chi connectivity index (χ0v) is 16.1. The topological polar surface area (TPSA) is 63.5 Å². The Hall–Kier alpha value is -2.71. The van der Waals surface area contributed by atoms with Crippen LogP contribution in [0.15, 0.2) is 41.7 Å². The van der Waals surface area contributed by atoms with Crippen LogP contribution in [0.25, 0.3) is 0 Å². The van der Waals surface area contributed by atoms with Gasteiger partial charge in [-0.3, -0.25) is 4.68 Å². The van der Waals surface area contributed by atoms with Crippen molar-refractivity contribution in [2.24, 2.45) is 4.99 Å². The molecule has 28 heavy (non-hydrogen) atoms. The van der Waals surface area contributed by atoms with Crippen molar-refractivity contribution in [3.63, 3.8) is 0 Å². The lowest BCUT2D eigenvalue weighted by Gasteiger charge is -2.14. The van der Waals surface area contributed by atoms with Crippen LogP contribution in [-0.4, -0.2) is 41.6 Å². The predicted octanol–water partition coefficient (Wildman–Crippen LogP) is 3.28. The van der Waals surface area contributed by atoms with Gasteiger partial charge in [0, 0.05) is 37.6 Å². The number of aliphatic imine (C=N–C) groups is 1. The highest BCUT2D eigenvalue weighted by Crippen LogP contribution is 2.24. The molecule has 9 heteroatoms. The number of benzene rings is 1. The summed E-state index contributed by atoms with van der Waals surface area (Å²) in [5.41, 5.74) is 1.43. The van der Waals surface area contributed by atoms with Crippen molar-refractivity contribution in [2.45, 2.75) is 39.5 Å². The first-order valence-electron chi connectivity index (χ1n) is 9.16. The summed E-state index contributed by atoms with van der Waals surface area (Å²) in [6.45, 7) is 4.80. The Labute approximate surface area is 162 Å². The average molecular weight is 397 g/mol. The molecule has 6 nitrogen and oxygen atoms in total. The maximum atomic E-state index is 12.5. The highest BCUT2D eigenvalue weighted by atomic mass is 19.4. The molecule has 0 aliphatic carbocycles. The first-order valence-corrected chi connectivity index (χ1v) is 9.16. The summed E-state index contributed by atoms with van der Waals surface area (Å²) >= 11 is 0. The van der Waals surface area contributed by atoms with E-state index < -0.39 is 12.8 Å². The number of guanidine groups is 1. The van der Waals surface area contributed by atoms with Gasteiger partial charge in [0.15, 0.2) is 12.6 Å². The number of aryl methyl sites for hydroxylation is 2. The third-order valence-corrected chi connectivity index (χ3v) is 3.78. The Morgan fingerprint density at radius 3 is 2.79 bits per heavy atom. The van der Waals surface area contributed by atoms with Gasteiger partial charge in [0.2, 0.25) is 0 Å². The van der Waals surface area contributed by atoms with Crippen LogP contribution in [0.1, 0.15) is 24.5 Å². The summed E-state index contributed by atoms with van der Waals surface area (Å²) in [5, 5.41) is 10.5. The number of aromatic nitrogens is 2. The van der Waals surface area contributed by atoms with Crippen LogP contribution in [0.3, 0.4) is 0 Å². The van der Waals surface area contributed by atoms with Crippen molar-refractivity contribution < 1.29 is 17.9 Å². The van der Waals surface area contributed by atoms with E-state index in [1.165, 1.54) is 0 Å². The number of rotatable bonds is 9. The van der Waals surface area contributed by atoms with E-state index in [4.69, 9.17) is 4.74 Å². The second-order valence-corrected chi connectivity index (χ2v) is 6.26. The Bertz CT molecular complexity index is 745. The van der Waals surface area contributed by atoms with Crippen molar-refractivity contribution in [1.29, 1.82) is 0 Å². The molecule has 1 heterocycles. The van der Waals surface area contributed by atoms with Crippen LogP contribution in [0.2, 0.25) is 0 Å². The van der Waals surface area contributed by atoms with E-state index in [1.807, 2.05) is 29.9 Å². The lowest BCUT2D eigenvalue weighted by molar-refractivity contribution is -0.153. The Morgan fingerprint density at radius 1 is 1.29 bits per heavy atom. The smallest absolute Gasteiger partial charge is 0.422 e. The standard InChI is InChI=1S/C19H26F3N5O/c1-3-23-18(24-8-4-10-27-11-5-9-26-27)25-13-16-7-6-15(2)12-17(16)28-14-19(20,21)22/h5-7,9,11-12H,3-4,8,10,13-14H2,1-2H3,(H2,23,24,25). The van der Waals surface area contributed by atoms with Crippen molar-refractivity contribution in [2.75, 3.05) is 19.7 Å². The van der Waals surface area contributed by atoms with Gasteiger partial charge >= 0.3 is 6.18 Å². The third kappa shape index (κ3) is 7.89. The highest BCUT2D eigenvalue weighted by molar-refractivity contribution is 5.79. The van der Waals surface area contributed by atoms with Gasteiger partial charge in [-0.1, -0.05) is 12.1 Å². The predicted molar refractivity (Wildman–Crippen MR) is 102 cm³/mol. The Morgan fingerprint density at radius 2 is 2.11 bits per heavy atom. The minimum atomic E-state index is -4.38. The lowest BCUT2D eigenvalue weighted by Crippen LogP contribution is -2.38. The molecule has 0 unspecified atom stereocenters. The maximum absolute atomic E-state index is 12.5. The van der Waals surface area contributed by atoms with Crippen LogP contribution in [0.4, 0.5) is 13.2 Å². The second-order valence-electron chi connectivity index (χ2n) is 6.26. The Kier molecular flexibility index (Phi) is 8.16. The average Bonchev–Trinajstić information content (AvgIpc) is 3.15. The fraction of sp³-hybridized carbons (Fsp3) is 0.474. The molecule has 0 saturated carbocycles. The molecular formula is C19H26F3N5O. The van der Waals surface area contributed by atoms with Gasteiger partial charge in [-0.15, -0.1) is 0 Å². The first kappa shape index (κ1) is 21.6. The molecule has 0 bridgehead atoms. The highest BCUT2D eigenvalue weighted by Gasteiger charge is 2.28. The molecule has 0 aliphatic rings. The van der Waals surface area contributed by atoms with Gasteiger partial charge in [0.25, 0.3) is 0 Å². The summed E-state index contributed by atoms with van der Waals surface area (Å²) in [7, 11) is 0. The molecule has 1 aromatic carbocycles. The number of hydrogen-bond acceptors (Lipinski definition) is 3. The molecule has 0 amide bonds. The number of hydrogen-bond donors (Lipinski definition) is 2. The van der Waals surface area contributed by atoms with E-state index in [2.05, 4.69) is 20.7 Å². The molecule has 2 N–H and O–H groups in total. The molecule has 2 aromatic rings. The van der Waals surface area contributed by atoms with Crippen molar-refractivity contribution in [1.82, 2.24) is 20.4 Å². The van der Waals surface area contributed by atoms with Crippen molar-refractivity contribution in [3.8, 4) is 5.75 Å². The van der Waals surface area contributed by atoms with Crippen LogP contribution in [0.5, 0.6) is 5.75 Å². The van der Waals surface area contributed by atoms with Crippen molar-refractivity contribution in [3.05, 3.63) is 47.8 Å². The number of nitrogens with zero attached hydrogens (tertiary/aromatic N) is 3. The number of halogens is 3. The monoisotopic (exact) mass is 397 g/mol. The first-order chi connectivity index (χ1) is 13.4. The molecule has 0 spiro atoms. The zero-order chi connectivity index (χ0) is 20.4. The molecule has 0 saturated heterocycles. The molecule has 154 valence electrons. The normalized spacial score (nSPS) is 12.1. The quantitative estimate of drug-likeness (QED) is 0.387. The van der Waals surface area contributed by atoms with Crippen LogP contribution in [-0.2, 0) is 13.1 Å². The Balaban J connectivity index is 1.94. The molecule has 1 aromatic heterocycles. The summed E-state index contributed by atoms with van der Waals surface area (Å²) in [5.74, 6) is 0.806. The van der Waals surface area contributed by atoms with E-state index in [0.717, 1.165) is 18.5 Å². The zero-order valence-electron chi connectivity index (χ0n) is 16.1. The van der Waals surface area contributed by atoms with Crippen LogP contribution < -0.4 is 15.4 Å². The lowest BCUT2D eigenvalue weighted by atomic mass is 10.1. The summed E-state index contributed by atoms with van der Waals surface area (Å²) in [6.07, 6.45) is 0.115. The fourth-order valence-electron chi connectivity index (χ4n) is 2.47. The molecule has 0 aliphatic heterocycles. The largest absolute Gasteiger partial charge is 0.484 e. The summed E-state index contributed by atoms with van der Waals surface area (Å²) in [4.78, 5) is 4.46. The van der Waals surface area contributed by atoms with Gasteiger partial charge < -0.3 is 15.4 Å². The van der Waals surface area contributed by atoms with E-state index >= 15 is 0 Å². The number of ether oxygens (including phenoxy) is 1. The molecule has 2 rings (SSSR count). The maximum Gasteiger partial charge on any atom is 0.422 e. The van der Waals surface area contributed by atoms with E-state index in [0.29, 0.717) is 24.6 Å². The second kappa shape index (κ2) is 10.6. The van der Waals surface area contributed by atoms with Crippen LogP contribution in [0, 0.1) is 6.92 Å². The van der Waals surface area contributed by atoms with E-state index in [9.17, 15) is 13.2 Å². The molecule has 0 fully saturated rings. The SMILES string of the molecule is CCNC(=NCc1ccc(C)cc1OCC(F)(F)F)NCCCn1cccn1.